The SMILES string of the molecule is CCCNCCCOc1ccc(-c2cc(C(=O)N3CCCC3)c3ccccc3n2)cc1. The Bertz CT molecular complexity index is 1010. The number of nitrogens with zero attached hydrogens (tertiary/aromatic N) is 2. The maximum absolute atomic E-state index is 13.2. The minimum absolute atomic E-state index is 0.106. The lowest BCUT2D eigenvalue weighted by Crippen LogP contribution is -2.27. The first-order valence-electron chi connectivity index (χ1n) is 11.4. The van der Waals surface area contributed by atoms with Crippen molar-refractivity contribution in [3.8, 4) is 17.0 Å². The molecule has 2 heterocycles. The molecular formula is C26H31N3O2. The molecule has 5 heteroatoms. The minimum Gasteiger partial charge on any atom is -0.494 e. The highest BCUT2D eigenvalue weighted by Gasteiger charge is 2.22. The molecule has 162 valence electrons. The molecule has 0 bridgehead atoms. The van der Waals surface area contributed by atoms with Gasteiger partial charge in [-0.15, -0.1) is 0 Å². The summed E-state index contributed by atoms with van der Waals surface area (Å²) in [6.07, 6.45) is 4.29. The average molecular weight is 418 g/mol. The van der Waals surface area contributed by atoms with Gasteiger partial charge in [-0.3, -0.25) is 4.79 Å². The Morgan fingerprint density at radius 3 is 2.61 bits per heavy atom. The van der Waals surface area contributed by atoms with Crippen LogP contribution in [0.3, 0.4) is 0 Å². The molecule has 1 aliphatic heterocycles. The normalized spacial score (nSPS) is 13.6. The molecule has 0 saturated carbocycles. The van der Waals surface area contributed by atoms with Crippen molar-refractivity contribution in [3.05, 3.63) is 60.2 Å². The molecule has 0 spiro atoms. The number of para-hydroxylation sites is 1. The summed E-state index contributed by atoms with van der Waals surface area (Å²) in [4.78, 5) is 20.0. The van der Waals surface area contributed by atoms with Gasteiger partial charge in [-0.1, -0.05) is 25.1 Å². The van der Waals surface area contributed by atoms with Crippen molar-refractivity contribution in [3.63, 3.8) is 0 Å². The third kappa shape index (κ3) is 5.23. The zero-order valence-corrected chi connectivity index (χ0v) is 18.3. The Morgan fingerprint density at radius 1 is 1.06 bits per heavy atom. The molecule has 1 N–H and O–H groups in total. The summed E-state index contributed by atoms with van der Waals surface area (Å²) >= 11 is 0. The van der Waals surface area contributed by atoms with E-state index in [9.17, 15) is 4.79 Å². The summed E-state index contributed by atoms with van der Waals surface area (Å²) in [7, 11) is 0. The first-order valence-corrected chi connectivity index (χ1v) is 11.4. The number of rotatable bonds is 9. The van der Waals surface area contributed by atoms with Gasteiger partial charge in [-0.2, -0.15) is 0 Å². The average Bonchev–Trinajstić information content (AvgIpc) is 3.35. The van der Waals surface area contributed by atoms with E-state index in [1.807, 2.05) is 59.5 Å². The summed E-state index contributed by atoms with van der Waals surface area (Å²) in [5.74, 6) is 0.961. The van der Waals surface area contributed by atoms with Gasteiger partial charge in [0.05, 0.1) is 23.4 Å². The fraction of sp³-hybridized carbons (Fsp3) is 0.385. The third-order valence-corrected chi connectivity index (χ3v) is 5.68. The molecule has 4 rings (SSSR count). The standard InChI is InChI=1S/C26H31N3O2/c1-2-14-27-15-7-18-31-21-12-10-20(11-13-21)25-19-23(26(30)29-16-5-6-17-29)22-8-3-4-9-24(22)28-25/h3-4,8-13,19,27H,2,5-7,14-18H2,1H3. The van der Waals surface area contributed by atoms with Crippen LogP contribution in [-0.4, -0.2) is 48.6 Å². The van der Waals surface area contributed by atoms with Gasteiger partial charge in [-0.05, 0) is 75.2 Å². The van der Waals surface area contributed by atoms with Crippen molar-refractivity contribution in [2.24, 2.45) is 0 Å². The number of amides is 1. The van der Waals surface area contributed by atoms with Crippen molar-refractivity contribution in [1.29, 1.82) is 0 Å². The van der Waals surface area contributed by atoms with E-state index in [0.717, 1.165) is 85.3 Å². The van der Waals surface area contributed by atoms with Gasteiger partial charge in [0.15, 0.2) is 0 Å². The smallest absolute Gasteiger partial charge is 0.254 e. The number of nitrogens with one attached hydrogen (secondary N) is 1. The van der Waals surface area contributed by atoms with E-state index in [2.05, 4.69) is 12.2 Å². The van der Waals surface area contributed by atoms with Gasteiger partial charge in [0, 0.05) is 24.0 Å². The monoisotopic (exact) mass is 417 g/mol. The zero-order chi connectivity index (χ0) is 21.5. The Balaban J connectivity index is 1.52. The number of fused-ring (bicyclic) bond motifs is 1. The van der Waals surface area contributed by atoms with Crippen molar-refractivity contribution in [2.75, 3.05) is 32.8 Å². The van der Waals surface area contributed by atoms with Gasteiger partial charge in [-0.25, -0.2) is 4.98 Å². The molecule has 0 atom stereocenters. The van der Waals surface area contributed by atoms with E-state index in [0.29, 0.717) is 6.61 Å². The molecule has 1 aliphatic rings. The van der Waals surface area contributed by atoms with Crippen molar-refractivity contribution >= 4 is 16.8 Å². The van der Waals surface area contributed by atoms with E-state index >= 15 is 0 Å². The summed E-state index contributed by atoms with van der Waals surface area (Å²) in [5.41, 5.74) is 3.39. The van der Waals surface area contributed by atoms with Crippen molar-refractivity contribution in [1.82, 2.24) is 15.2 Å². The molecule has 0 radical (unpaired) electrons. The fourth-order valence-electron chi connectivity index (χ4n) is 4.00. The molecule has 31 heavy (non-hydrogen) atoms. The number of hydrogen-bond donors (Lipinski definition) is 1. The number of benzene rings is 2. The highest BCUT2D eigenvalue weighted by Crippen LogP contribution is 2.28. The lowest BCUT2D eigenvalue weighted by molar-refractivity contribution is 0.0794. The summed E-state index contributed by atoms with van der Waals surface area (Å²) in [6, 6.07) is 17.8. The Labute approximate surface area is 184 Å². The molecule has 1 saturated heterocycles. The number of carbonyl (C=O) groups excluding carboxylic acids is 1. The highest BCUT2D eigenvalue weighted by atomic mass is 16.5. The molecule has 5 nitrogen and oxygen atoms in total. The Hall–Kier alpha value is -2.92. The van der Waals surface area contributed by atoms with Crippen LogP contribution in [0, 0.1) is 0 Å². The maximum Gasteiger partial charge on any atom is 0.254 e. The van der Waals surface area contributed by atoms with Crippen LogP contribution in [0.5, 0.6) is 5.75 Å². The number of ether oxygens (including phenoxy) is 1. The van der Waals surface area contributed by atoms with E-state index in [1.165, 1.54) is 0 Å². The predicted octanol–water partition coefficient (Wildman–Crippen LogP) is 4.91. The topological polar surface area (TPSA) is 54.5 Å². The highest BCUT2D eigenvalue weighted by molar-refractivity contribution is 6.07. The number of hydrogen-bond acceptors (Lipinski definition) is 4. The van der Waals surface area contributed by atoms with E-state index in [-0.39, 0.29) is 5.91 Å². The zero-order valence-electron chi connectivity index (χ0n) is 18.3. The van der Waals surface area contributed by atoms with Gasteiger partial charge in [0.25, 0.3) is 5.91 Å². The molecule has 0 unspecified atom stereocenters. The number of carbonyl (C=O) groups is 1. The second kappa shape index (κ2) is 10.4. The van der Waals surface area contributed by atoms with Crippen LogP contribution in [0.15, 0.2) is 54.6 Å². The maximum atomic E-state index is 13.2. The number of aromatic nitrogens is 1. The van der Waals surface area contributed by atoms with Crippen molar-refractivity contribution in [2.45, 2.75) is 32.6 Å². The number of likely N-dealkylation sites (tertiary alicyclic amines) is 1. The molecular weight excluding hydrogens is 386 g/mol. The van der Waals surface area contributed by atoms with E-state index in [4.69, 9.17) is 9.72 Å². The second-order valence-electron chi connectivity index (χ2n) is 8.05. The minimum atomic E-state index is 0.106. The van der Waals surface area contributed by atoms with Gasteiger partial charge in [0.1, 0.15) is 5.75 Å². The van der Waals surface area contributed by atoms with Gasteiger partial charge in [0.2, 0.25) is 0 Å². The quantitative estimate of drug-likeness (QED) is 0.503. The summed E-state index contributed by atoms with van der Waals surface area (Å²) in [5, 5.41) is 4.30. The van der Waals surface area contributed by atoms with Crippen LogP contribution in [0.1, 0.15) is 43.0 Å². The van der Waals surface area contributed by atoms with Crippen LogP contribution in [0.25, 0.3) is 22.2 Å². The van der Waals surface area contributed by atoms with Crippen LogP contribution in [-0.2, 0) is 0 Å². The largest absolute Gasteiger partial charge is 0.494 e. The molecule has 0 aliphatic carbocycles. The molecule has 1 fully saturated rings. The number of pyridine rings is 1. The fourth-order valence-corrected chi connectivity index (χ4v) is 4.00. The van der Waals surface area contributed by atoms with Crippen LogP contribution in [0.2, 0.25) is 0 Å². The molecule has 1 aromatic heterocycles. The Kier molecular flexibility index (Phi) is 7.15. The Morgan fingerprint density at radius 2 is 1.84 bits per heavy atom. The van der Waals surface area contributed by atoms with Crippen molar-refractivity contribution < 1.29 is 9.53 Å². The summed E-state index contributed by atoms with van der Waals surface area (Å²) < 4.78 is 5.86. The predicted molar refractivity (Wildman–Crippen MR) is 126 cm³/mol. The van der Waals surface area contributed by atoms with Gasteiger partial charge < -0.3 is 15.0 Å². The first-order chi connectivity index (χ1) is 15.3. The third-order valence-electron chi connectivity index (χ3n) is 5.68. The van der Waals surface area contributed by atoms with Crippen LogP contribution < -0.4 is 10.1 Å². The second-order valence-corrected chi connectivity index (χ2v) is 8.05. The van der Waals surface area contributed by atoms with E-state index in [1.54, 1.807) is 0 Å². The summed E-state index contributed by atoms with van der Waals surface area (Å²) in [6.45, 7) is 6.56. The lowest BCUT2D eigenvalue weighted by Gasteiger charge is -2.17. The van der Waals surface area contributed by atoms with Crippen LogP contribution >= 0.6 is 0 Å². The molecule has 3 aromatic rings. The van der Waals surface area contributed by atoms with Crippen LogP contribution in [0.4, 0.5) is 0 Å². The van der Waals surface area contributed by atoms with E-state index < -0.39 is 0 Å². The molecule has 1 amide bonds. The molecule has 2 aromatic carbocycles. The first kappa shape index (κ1) is 21.3. The lowest BCUT2D eigenvalue weighted by atomic mass is 10.0. The van der Waals surface area contributed by atoms with Gasteiger partial charge >= 0.3 is 0 Å².